The van der Waals surface area contributed by atoms with Crippen molar-refractivity contribution in [3.63, 3.8) is 0 Å². The van der Waals surface area contributed by atoms with Crippen LogP contribution in [0, 0.1) is 0 Å². The fourth-order valence-corrected chi connectivity index (χ4v) is 1.52. The Morgan fingerprint density at radius 3 is 2.92 bits per heavy atom. The summed E-state index contributed by atoms with van der Waals surface area (Å²) in [6, 6.07) is 5.26. The SMILES string of the molecule is C=Cc1cccc2c1C(O)(O)CO2. The largest absolute Gasteiger partial charge is 0.487 e. The number of benzene rings is 1. The first kappa shape index (κ1) is 8.29. The van der Waals surface area contributed by atoms with Gasteiger partial charge in [0.05, 0.1) is 5.56 Å². The molecule has 1 heterocycles. The minimum atomic E-state index is -1.87. The molecule has 2 N–H and O–H groups in total. The molecule has 0 spiro atoms. The van der Waals surface area contributed by atoms with Gasteiger partial charge >= 0.3 is 0 Å². The summed E-state index contributed by atoms with van der Waals surface area (Å²) in [6.07, 6.45) is 1.58. The predicted octanol–water partition coefficient (Wildman–Crippen LogP) is 0.859. The van der Waals surface area contributed by atoms with Crippen LogP contribution in [0.1, 0.15) is 11.1 Å². The number of hydrogen-bond donors (Lipinski definition) is 2. The van der Waals surface area contributed by atoms with E-state index in [1.807, 2.05) is 0 Å². The van der Waals surface area contributed by atoms with Gasteiger partial charge in [-0.2, -0.15) is 0 Å². The monoisotopic (exact) mass is 178 g/mol. The maximum absolute atomic E-state index is 9.54. The smallest absolute Gasteiger partial charge is 0.229 e. The maximum atomic E-state index is 9.54. The Morgan fingerprint density at radius 2 is 2.23 bits per heavy atom. The Morgan fingerprint density at radius 1 is 1.46 bits per heavy atom. The van der Waals surface area contributed by atoms with E-state index in [9.17, 15) is 10.2 Å². The van der Waals surface area contributed by atoms with Gasteiger partial charge < -0.3 is 14.9 Å². The minimum Gasteiger partial charge on any atom is -0.487 e. The van der Waals surface area contributed by atoms with E-state index in [4.69, 9.17) is 4.74 Å². The molecular formula is C10H10O3. The van der Waals surface area contributed by atoms with Crippen molar-refractivity contribution in [1.29, 1.82) is 0 Å². The van der Waals surface area contributed by atoms with E-state index < -0.39 is 5.79 Å². The summed E-state index contributed by atoms with van der Waals surface area (Å²) in [6.45, 7) is 3.48. The summed E-state index contributed by atoms with van der Waals surface area (Å²) in [7, 11) is 0. The van der Waals surface area contributed by atoms with Crippen molar-refractivity contribution < 1.29 is 14.9 Å². The predicted molar refractivity (Wildman–Crippen MR) is 48.1 cm³/mol. The van der Waals surface area contributed by atoms with Crippen LogP contribution in [0.5, 0.6) is 5.75 Å². The van der Waals surface area contributed by atoms with Gasteiger partial charge in [0, 0.05) is 0 Å². The molecule has 2 rings (SSSR count). The van der Waals surface area contributed by atoms with Gasteiger partial charge in [0.25, 0.3) is 0 Å². The van der Waals surface area contributed by atoms with E-state index in [0.29, 0.717) is 16.9 Å². The third kappa shape index (κ3) is 1.13. The molecule has 1 aliphatic rings. The second-order valence-corrected chi connectivity index (χ2v) is 3.03. The summed E-state index contributed by atoms with van der Waals surface area (Å²) in [5.41, 5.74) is 1.10. The number of rotatable bonds is 1. The van der Waals surface area contributed by atoms with Crippen LogP contribution in [0.25, 0.3) is 6.08 Å². The fourth-order valence-electron chi connectivity index (χ4n) is 1.52. The molecule has 1 aliphatic heterocycles. The van der Waals surface area contributed by atoms with Gasteiger partial charge in [-0.05, 0) is 11.6 Å². The zero-order valence-electron chi connectivity index (χ0n) is 7.03. The molecule has 0 fully saturated rings. The number of hydrogen-bond acceptors (Lipinski definition) is 3. The highest BCUT2D eigenvalue weighted by Crippen LogP contribution is 2.37. The summed E-state index contributed by atoms with van der Waals surface area (Å²) in [4.78, 5) is 0. The molecule has 3 nitrogen and oxygen atoms in total. The lowest BCUT2D eigenvalue weighted by molar-refractivity contribution is -0.173. The molecule has 0 amide bonds. The Kier molecular flexibility index (Phi) is 1.65. The minimum absolute atomic E-state index is 0.118. The molecule has 68 valence electrons. The molecule has 1 aromatic carbocycles. The van der Waals surface area contributed by atoms with Crippen LogP contribution in [0.15, 0.2) is 24.8 Å². The van der Waals surface area contributed by atoms with Crippen LogP contribution < -0.4 is 4.74 Å². The molecule has 0 unspecified atom stereocenters. The Bertz CT molecular complexity index is 355. The van der Waals surface area contributed by atoms with Crippen molar-refractivity contribution in [3.8, 4) is 5.75 Å². The molecule has 0 aliphatic carbocycles. The second-order valence-electron chi connectivity index (χ2n) is 3.03. The summed E-state index contributed by atoms with van der Waals surface area (Å²) in [5.74, 6) is -1.36. The molecule has 0 aromatic heterocycles. The average Bonchev–Trinajstić information content (AvgIpc) is 2.43. The van der Waals surface area contributed by atoms with E-state index in [-0.39, 0.29) is 6.61 Å². The number of fused-ring (bicyclic) bond motifs is 1. The molecule has 0 saturated carbocycles. The third-order valence-electron chi connectivity index (χ3n) is 2.11. The van der Waals surface area contributed by atoms with E-state index in [1.165, 1.54) is 0 Å². The lowest BCUT2D eigenvalue weighted by Gasteiger charge is -2.14. The summed E-state index contributed by atoms with van der Waals surface area (Å²) >= 11 is 0. The van der Waals surface area contributed by atoms with Crippen LogP contribution in [-0.4, -0.2) is 16.8 Å². The average molecular weight is 178 g/mol. The second kappa shape index (κ2) is 2.58. The van der Waals surface area contributed by atoms with Crippen LogP contribution in [0.4, 0.5) is 0 Å². The first-order chi connectivity index (χ1) is 6.15. The Balaban J connectivity index is 2.66. The number of aliphatic hydroxyl groups is 2. The normalized spacial score (nSPS) is 17.7. The summed E-state index contributed by atoms with van der Waals surface area (Å²) < 4.78 is 5.11. The van der Waals surface area contributed by atoms with Crippen molar-refractivity contribution in [1.82, 2.24) is 0 Å². The van der Waals surface area contributed by atoms with Crippen LogP contribution in [0.2, 0.25) is 0 Å². The molecule has 13 heavy (non-hydrogen) atoms. The molecule has 0 saturated heterocycles. The zero-order valence-corrected chi connectivity index (χ0v) is 7.03. The van der Waals surface area contributed by atoms with E-state index in [0.717, 1.165) is 0 Å². The quantitative estimate of drug-likeness (QED) is 0.627. The van der Waals surface area contributed by atoms with E-state index in [1.54, 1.807) is 24.3 Å². The first-order valence-electron chi connectivity index (χ1n) is 3.98. The summed E-state index contributed by atoms with van der Waals surface area (Å²) in [5, 5.41) is 19.1. The lowest BCUT2D eigenvalue weighted by Crippen LogP contribution is -2.27. The Hall–Kier alpha value is -1.32. The highest BCUT2D eigenvalue weighted by Gasteiger charge is 2.38. The van der Waals surface area contributed by atoms with Gasteiger partial charge in [-0.25, -0.2) is 0 Å². The molecule has 0 radical (unpaired) electrons. The first-order valence-corrected chi connectivity index (χ1v) is 3.98. The lowest BCUT2D eigenvalue weighted by atomic mass is 10.0. The van der Waals surface area contributed by atoms with Gasteiger partial charge in [0.2, 0.25) is 5.79 Å². The van der Waals surface area contributed by atoms with Gasteiger partial charge in [-0.15, -0.1) is 0 Å². The van der Waals surface area contributed by atoms with Crippen molar-refractivity contribution in [2.45, 2.75) is 5.79 Å². The highest BCUT2D eigenvalue weighted by molar-refractivity contribution is 5.59. The van der Waals surface area contributed by atoms with Gasteiger partial charge in [0.15, 0.2) is 0 Å². The molecule has 3 heteroatoms. The highest BCUT2D eigenvalue weighted by atomic mass is 16.6. The standard InChI is InChI=1S/C10H10O3/c1-2-7-4-3-5-8-9(7)10(11,12)6-13-8/h2-5,11-12H,1,6H2. The fraction of sp³-hybridized carbons (Fsp3) is 0.200. The van der Waals surface area contributed by atoms with Crippen LogP contribution in [0.3, 0.4) is 0 Å². The molecule has 1 aromatic rings. The third-order valence-corrected chi connectivity index (χ3v) is 2.11. The van der Waals surface area contributed by atoms with Crippen molar-refractivity contribution in [2.75, 3.05) is 6.61 Å². The van der Waals surface area contributed by atoms with Gasteiger partial charge in [-0.3, -0.25) is 0 Å². The van der Waals surface area contributed by atoms with Crippen LogP contribution >= 0.6 is 0 Å². The van der Waals surface area contributed by atoms with Crippen molar-refractivity contribution in [2.24, 2.45) is 0 Å². The van der Waals surface area contributed by atoms with Crippen molar-refractivity contribution in [3.05, 3.63) is 35.9 Å². The maximum Gasteiger partial charge on any atom is 0.229 e. The van der Waals surface area contributed by atoms with Gasteiger partial charge in [-0.1, -0.05) is 24.8 Å². The molecule has 0 bridgehead atoms. The zero-order chi connectivity index (χ0) is 9.47. The van der Waals surface area contributed by atoms with E-state index >= 15 is 0 Å². The van der Waals surface area contributed by atoms with Crippen molar-refractivity contribution >= 4 is 6.08 Å². The topological polar surface area (TPSA) is 49.7 Å². The number of ether oxygens (including phenoxy) is 1. The van der Waals surface area contributed by atoms with Crippen LogP contribution in [-0.2, 0) is 5.79 Å². The van der Waals surface area contributed by atoms with Gasteiger partial charge in [0.1, 0.15) is 12.4 Å². The Labute approximate surface area is 75.9 Å². The molecular weight excluding hydrogens is 168 g/mol. The van der Waals surface area contributed by atoms with E-state index in [2.05, 4.69) is 6.58 Å². The molecule has 0 atom stereocenters.